The van der Waals surface area contributed by atoms with Gasteiger partial charge in [-0.05, 0) is 43.9 Å². The Balaban J connectivity index is 1.54. The Hall–Kier alpha value is -2.12. The summed E-state index contributed by atoms with van der Waals surface area (Å²) in [6, 6.07) is 4.75. The Morgan fingerprint density at radius 3 is 2.10 bits per heavy atom. The Kier molecular flexibility index (Phi) is 8.72. The van der Waals surface area contributed by atoms with Gasteiger partial charge in [0.05, 0.1) is 11.3 Å². The van der Waals surface area contributed by atoms with Gasteiger partial charge in [-0.25, -0.2) is 4.79 Å². The molecule has 2 fully saturated rings. The van der Waals surface area contributed by atoms with Crippen molar-refractivity contribution in [1.82, 2.24) is 4.90 Å². The molecule has 170 valence electrons. The molecule has 0 spiro atoms. The predicted octanol–water partition coefficient (Wildman–Crippen LogP) is 4.49. The second kappa shape index (κ2) is 11.5. The van der Waals surface area contributed by atoms with E-state index in [1.54, 1.807) is 0 Å². The number of aromatic carboxylic acids is 1. The minimum atomic E-state index is -1.19. The minimum absolute atomic E-state index is 0.0516. The smallest absolute Gasteiger partial charge is 0.337 e. The summed E-state index contributed by atoms with van der Waals surface area (Å²) >= 11 is 5.83. The second-order valence-corrected chi connectivity index (χ2v) is 8.86. The Bertz CT molecular complexity index is 770. The number of rotatable bonds is 8. The summed E-state index contributed by atoms with van der Waals surface area (Å²) in [4.78, 5) is 38.7. The van der Waals surface area contributed by atoms with E-state index in [1.807, 2.05) is 0 Å². The molecule has 0 aromatic heterocycles. The molecule has 3 rings (SSSR count). The number of amides is 2. The van der Waals surface area contributed by atoms with E-state index in [2.05, 4.69) is 10.2 Å². The van der Waals surface area contributed by atoms with Crippen LogP contribution < -0.4 is 5.32 Å². The van der Waals surface area contributed by atoms with Crippen molar-refractivity contribution in [1.29, 1.82) is 0 Å². The van der Waals surface area contributed by atoms with Crippen LogP contribution >= 0.6 is 11.6 Å². The molecule has 0 aliphatic heterocycles. The number of carbonyl (C=O) groups excluding carboxylic acids is 2. The second-order valence-electron chi connectivity index (χ2n) is 8.42. The number of carboxylic acid groups (broad SMARTS) is 1. The molecule has 2 aliphatic rings. The fraction of sp³-hybridized carbons (Fsp3) is 0.609. The summed E-state index contributed by atoms with van der Waals surface area (Å²) in [7, 11) is 0. The first-order valence-corrected chi connectivity index (χ1v) is 11.5. The maximum Gasteiger partial charge on any atom is 0.337 e. The van der Waals surface area contributed by atoms with E-state index in [-0.39, 0.29) is 47.5 Å². The zero-order valence-corrected chi connectivity index (χ0v) is 18.5. The number of hydrogen-bond donors (Lipinski definition) is 2. The molecule has 0 heterocycles. The Morgan fingerprint density at radius 1 is 0.968 bits per heavy atom. The molecule has 2 N–H and O–H groups in total. The van der Waals surface area contributed by atoms with Crippen LogP contribution in [0.15, 0.2) is 18.2 Å². The zero-order valence-electron chi connectivity index (χ0n) is 17.8. The van der Waals surface area contributed by atoms with Crippen molar-refractivity contribution in [2.45, 2.75) is 76.3 Å². The molecule has 2 aliphatic carbocycles. The van der Waals surface area contributed by atoms with Crippen LogP contribution in [0.5, 0.6) is 0 Å². The molecule has 0 atom stereocenters. The van der Waals surface area contributed by atoms with Gasteiger partial charge in [0.25, 0.3) is 0 Å². The van der Waals surface area contributed by atoms with Gasteiger partial charge in [0, 0.05) is 17.1 Å². The summed E-state index contributed by atoms with van der Waals surface area (Å²) < 4.78 is 5.44. The predicted molar refractivity (Wildman–Crippen MR) is 118 cm³/mol. The van der Waals surface area contributed by atoms with Crippen molar-refractivity contribution in [2.24, 2.45) is 0 Å². The van der Waals surface area contributed by atoms with Gasteiger partial charge in [0.15, 0.2) is 0 Å². The standard InChI is InChI=1S/C23H31ClN2O5/c24-16-11-12-20(19(13-16)23(29)30)25-21(27)14-31-15-22(28)26(17-7-3-1-4-8-17)18-9-5-2-6-10-18/h11-13,17-18H,1-10,14-15H2,(H,25,27)(H,29,30). The number of nitrogens with one attached hydrogen (secondary N) is 1. The lowest BCUT2D eigenvalue weighted by molar-refractivity contribution is -0.143. The van der Waals surface area contributed by atoms with Gasteiger partial charge in [0.1, 0.15) is 13.2 Å². The summed E-state index contributed by atoms with van der Waals surface area (Å²) in [5.74, 6) is -1.76. The SMILES string of the molecule is O=C(COCC(=O)N(C1CCCCC1)C1CCCCC1)Nc1ccc(Cl)cc1C(=O)O. The van der Waals surface area contributed by atoms with Crippen LogP contribution in [0, 0.1) is 0 Å². The molecular formula is C23H31ClN2O5. The number of benzene rings is 1. The third-order valence-corrected chi connectivity index (χ3v) is 6.40. The molecule has 0 bridgehead atoms. The van der Waals surface area contributed by atoms with Crippen molar-refractivity contribution >= 4 is 35.1 Å². The van der Waals surface area contributed by atoms with Gasteiger partial charge in [-0.2, -0.15) is 0 Å². The Morgan fingerprint density at radius 2 is 1.55 bits per heavy atom. The maximum absolute atomic E-state index is 13.0. The van der Waals surface area contributed by atoms with Crippen LogP contribution in [-0.2, 0) is 14.3 Å². The first-order chi connectivity index (χ1) is 15.0. The van der Waals surface area contributed by atoms with Gasteiger partial charge in [-0.15, -0.1) is 0 Å². The molecule has 2 saturated carbocycles. The van der Waals surface area contributed by atoms with Crippen LogP contribution in [-0.4, -0.2) is 53.1 Å². The average Bonchev–Trinajstić information content (AvgIpc) is 2.76. The number of carboxylic acids is 1. The van der Waals surface area contributed by atoms with Crippen LogP contribution in [0.3, 0.4) is 0 Å². The van der Waals surface area contributed by atoms with E-state index >= 15 is 0 Å². The summed E-state index contributed by atoms with van der Waals surface area (Å²) in [6.07, 6.45) is 11.2. The normalized spacial score (nSPS) is 17.8. The van der Waals surface area contributed by atoms with Gasteiger partial charge in [-0.1, -0.05) is 50.1 Å². The van der Waals surface area contributed by atoms with E-state index in [1.165, 1.54) is 31.0 Å². The third kappa shape index (κ3) is 6.68. The molecule has 0 radical (unpaired) electrons. The van der Waals surface area contributed by atoms with E-state index in [9.17, 15) is 19.5 Å². The lowest BCUT2D eigenvalue weighted by atomic mass is 9.88. The summed E-state index contributed by atoms with van der Waals surface area (Å²) in [5.41, 5.74) is 0.0422. The highest BCUT2D eigenvalue weighted by atomic mass is 35.5. The average molecular weight is 451 g/mol. The molecule has 2 amide bonds. The molecule has 8 heteroatoms. The summed E-state index contributed by atoms with van der Waals surface area (Å²) in [5, 5.41) is 12.1. The van der Waals surface area contributed by atoms with E-state index in [0.29, 0.717) is 0 Å². The first kappa shape index (κ1) is 23.5. The molecular weight excluding hydrogens is 420 g/mol. The van der Waals surface area contributed by atoms with Crippen molar-refractivity contribution in [3.63, 3.8) is 0 Å². The van der Waals surface area contributed by atoms with E-state index < -0.39 is 11.9 Å². The fourth-order valence-electron chi connectivity index (χ4n) is 4.72. The maximum atomic E-state index is 13.0. The topological polar surface area (TPSA) is 95.9 Å². The Labute approximate surface area is 188 Å². The van der Waals surface area contributed by atoms with Gasteiger partial charge in [0.2, 0.25) is 11.8 Å². The van der Waals surface area contributed by atoms with Crippen molar-refractivity contribution in [3.05, 3.63) is 28.8 Å². The molecule has 1 aromatic carbocycles. The number of halogens is 1. The minimum Gasteiger partial charge on any atom is -0.478 e. The highest BCUT2D eigenvalue weighted by molar-refractivity contribution is 6.31. The number of nitrogens with zero attached hydrogens (tertiary/aromatic N) is 1. The van der Waals surface area contributed by atoms with Gasteiger partial charge in [-0.3, -0.25) is 9.59 Å². The van der Waals surface area contributed by atoms with Crippen molar-refractivity contribution < 1.29 is 24.2 Å². The van der Waals surface area contributed by atoms with E-state index in [0.717, 1.165) is 51.4 Å². The fourth-order valence-corrected chi connectivity index (χ4v) is 4.89. The summed E-state index contributed by atoms with van der Waals surface area (Å²) in [6.45, 7) is -0.469. The van der Waals surface area contributed by atoms with E-state index in [4.69, 9.17) is 16.3 Å². The van der Waals surface area contributed by atoms with Crippen molar-refractivity contribution in [2.75, 3.05) is 18.5 Å². The first-order valence-electron chi connectivity index (χ1n) is 11.2. The lowest BCUT2D eigenvalue weighted by Gasteiger charge is -2.41. The number of anilines is 1. The molecule has 7 nitrogen and oxygen atoms in total. The molecule has 31 heavy (non-hydrogen) atoms. The highest BCUT2D eigenvalue weighted by Gasteiger charge is 2.32. The third-order valence-electron chi connectivity index (χ3n) is 6.17. The highest BCUT2D eigenvalue weighted by Crippen LogP contribution is 2.30. The van der Waals surface area contributed by atoms with Gasteiger partial charge >= 0.3 is 5.97 Å². The van der Waals surface area contributed by atoms with Crippen LogP contribution in [0.4, 0.5) is 5.69 Å². The molecule has 1 aromatic rings. The lowest BCUT2D eigenvalue weighted by Crippen LogP contribution is -2.50. The number of carbonyl (C=O) groups is 3. The van der Waals surface area contributed by atoms with Gasteiger partial charge < -0.3 is 20.1 Å². The van der Waals surface area contributed by atoms with Crippen molar-refractivity contribution in [3.8, 4) is 0 Å². The molecule has 0 unspecified atom stereocenters. The van der Waals surface area contributed by atoms with Crippen LogP contribution in [0.2, 0.25) is 5.02 Å². The number of ether oxygens (including phenoxy) is 1. The quantitative estimate of drug-likeness (QED) is 0.608. The zero-order chi connectivity index (χ0) is 22.2. The van der Waals surface area contributed by atoms with Crippen LogP contribution in [0.1, 0.15) is 74.6 Å². The molecule has 0 saturated heterocycles. The van der Waals surface area contributed by atoms with Crippen LogP contribution in [0.25, 0.3) is 0 Å². The number of hydrogen-bond acceptors (Lipinski definition) is 4. The largest absolute Gasteiger partial charge is 0.478 e. The monoisotopic (exact) mass is 450 g/mol.